The number of benzene rings is 1. The van der Waals surface area contributed by atoms with Gasteiger partial charge in [0.1, 0.15) is 0 Å². The molecule has 1 aromatic carbocycles. The molecule has 18 heavy (non-hydrogen) atoms. The van der Waals surface area contributed by atoms with Crippen molar-refractivity contribution in [1.82, 2.24) is 5.32 Å². The lowest BCUT2D eigenvalue weighted by Crippen LogP contribution is -2.29. The third kappa shape index (κ3) is 3.28. The van der Waals surface area contributed by atoms with Crippen LogP contribution in [0.1, 0.15) is 21.5 Å². The third-order valence-electron chi connectivity index (χ3n) is 2.62. The number of hydrogen-bond acceptors (Lipinski definition) is 4. The van der Waals surface area contributed by atoms with E-state index >= 15 is 0 Å². The number of rotatable bonds is 4. The van der Waals surface area contributed by atoms with Crippen molar-refractivity contribution in [2.75, 3.05) is 13.1 Å². The van der Waals surface area contributed by atoms with Crippen LogP contribution in [0.5, 0.6) is 0 Å². The molecule has 6 nitrogen and oxygen atoms in total. The van der Waals surface area contributed by atoms with E-state index in [2.05, 4.69) is 5.32 Å². The van der Waals surface area contributed by atoms with Gasteiger partial charge in [-0.15, -0.1) is 0 Å². The van der Waals surface area contributed by atoms with E-state index in [0.717, 1.165) is 0 Å². The fourth-order valence-corrected chi connectivity index (χ4v) is 2.42. The Hall–Kier alpha value is -1.44. The minimum absolute atomic E-state index is 0.0274. The molecule has 5 N–H and O–H groups in total. The lowest BCUT2D eigenvalue weighted by atomic mass is 10.1. The molecule has 0 bridgehead atoms. The number of nitrogens with two attached hydrogens (primary N) is 2. The molecule has 0 unspecified atom stereocenters. The first-order chi connectivity index (χ1) is 8.27. The summed E-state index contributed by atoms with van der Waals surface area (Å²) < 4.78 is 22.8. The fourth-order valence-electron chi connectivity index (χ4n) is 1.54. The summed E-state index contributed by atoms with van der Waals surface area (Å²) in [6.07, 6.45) is 0. The van der Waals surface area contributed by atoms with Crippen molar-refractivity contribution in [1.29, 1.82) is 0 Å². The number of aryl methyl sites for hydroxylation is 1. The van der Waals surface area contributed by atoms with Crippen LogP contribution in [-0.2, 0) is 10.0 Å². The zero-order chi connectivity index (χ0) is 13.9. The molecule has 0 saturated heterocycles. The predicted octanol–water partition coefficient (Wildman–Crippen LogP) is -0.361. The molecular weight excluding hydrogens is 254 g/mol. The average molecular weight is 271 g/mol. The summed E-state index contributed by atoms with van der Waals surface area (Å²) in [5, 5.41) is 7.69. The van der Waals surface area contributed by atoms with Crippen LogP contribution in [-0.4, -0.2) is 27.4 Å². The number of nitrogens with one attached hydrogen (secondary N) is 1. The Bertz CT molecular complexity index is 567. The number of hydrogen-bond donors (Lipinski definition) is 3. The van der Waals surface area contributed by atoms with Crippen LogP contribution in [0.2, 0.25) is 0 Å². The van der Waals surface area contributed by atoms with Gasteiger partial charge in [-0.1, -0.05) is 0 Å². The molecule has 0 aliphatic heterocycles. The highest BCUT2D eigenvalue weighted by Gasteiger charge is 2.17. The van der Waals surface area contributed by atoms with Crippen LogP contribution < -0.4 is 16.2 Å². The van der Waals surface area contributed by atoms with E-state index in [1.54, 1.807) is 19.9 Å². The first kappa shape index (κ1) is 14.6. The largest absolute Gasteiger partial charge is 0.351 e. The molecule has 0 aliphatic carbocycles. The topological polar surface area (TPSA) is 115 Å². The number of primary sulfonamides is 1. The molecule has 100 valence electrons. The van der Waals surface area contributed by atoms with Gasteiger partial charge >= 0.3 is 0 Å². The van der Waals surface area contributed by atoms with E-state index in [4.69, 9.17) is 10.9 Å². The first-order valence-electron chi connectivity index (χ1n) is 5.39. The van der Waals surface area contributed by atoms with E-state index in [0.29, 0.717) is 24.2 Å². The zero-order valence-corrected chi connectivity index (χ0v) is 11.2. The summed E-state index contributed by atoms with van der Waals surface area (Å²) in [5.41, 5.74) is 6.78. The van der Waals surface area contributed by atoms with Crippen LogP contribution in [0, 0.1) is 13.8 Å². The summed E-state index contributed by atoms with van der Waals surface area (Å²) in [7, 11) is -3.84. The standard InChI is InChI=1S/C11H17N3O3S/c1-7-5-9(11(15)14-4-3-12)6-10(8(7)2)18(13,16)17/h5-6H,3-4,12H2,1-2H3,(H,14,15)(H2,13,16,17). The van der Waals surface area contributed by atoms with Crippen LogP contribution in [0.3, 0.4) is 0 Å². The Kier molecular flexibility index (Phi) is 4.44. The van der Waals surface area contributed by atoms with Crippen molar-refractivity contribution in [2.45, 2.75) is 18.7 Å². The summed E-state index contributed by atoms with van der Waals surface area (Å²) in [5.74, 6) is -0.367. The Morgan fingerprint density at radius 3 is 2.44 bits per heavy atom. The molecule has 0 spiro atoms. The summed E-state index contributed by atoms with van der Waals surface area (Å²) in [4.78, 5) is 11.7. The molecule has 0 aromatic heterocycles. The Morgan fingerprint density at radius 2 is 1.94 bits per heavy atom. The second kappa shape index (κ2) is 5.47. The third-order valence-corrected chi connectivity index (χ3v) is 3.66. The number of carbonyl (C=O) groups excluding carboxylic acids is 1. The van der Waals surface area contributed by atoms with E-state index in [-0.39, 0.29) is 16.4 Å². The van der Waals surface area contributed by atoms with Gasteiger partial charge in [0.05, 0.1) is 4.90 Å². The van der Waals surface area contributed by atoms with Crippen molar-refractivity contribution in [3.63, 3.8) is 0 Å². The molecule has 1 amide bonds. The SMILES string of the molecule is Cc1cc(C(=O)NCCN)cc(S(N)(=O)=O)c1C. The second-order valence-corrected chi connectivity index (χ2v) is 5.54. The monoisotopic (exact) mass is 271 g/mol. The highest BCUT2D eigenvalue weighted by Crippen LogP contribution is 2.19. The number of carbonyl (C=O) groups is 1. The molecule has 0 heterocycles. The quantitative estimate of drug-likeness (QED) is 0.693. The van der Waals surface area contributed by atoms with Crippen molar-refractivity contribution in [3.05, 3.63) is 28.8 Å². The van der Waals surface area contributed by atoms with Crippen molar-refractivity contribution in [2.24, 2.45) is 10.9 Å². The molecule has 0 radical (unpaired) electrons. The van der Waals surface area contributed by atoms with E-state index in [9.17, 15) is 13.2 Å². The molecule has 0 saturated carbocycles. The van der Waals surface area contributed by atoms with Crippen molar-refractivity contribution < 1.29 is 13.2 Å². The molecule has 1 aromatic rings. The first-order valence-corrected chi connectivity index (χ1v) is 6.94. The molecular formula is C11H17N3O3S. The lowest BCUT2D eigenvalue weighted by Gasteiger charge is -2.10. The molecule has 0 aliphatic rings. The van der Waals surface area contributed by atoms with E-state index < -0.39 is 10.0 Å². The van der Waals surface area contributed by atoms with Gasteiger partial charge in [-0.25, -0.2) is 13.6 Å². The predicted molar refractivity (Wildman–Crippen MR) is 68.7 cm³/mol. The van der Waals surface area contributed by atoms with Gasteiger partial charge in [0.2, 0.25) is 10.0 Å². The average Bonchev–Trinajstić information content (AvgIpc) is 2.27. The molecule has 1 rings (SSSR count). The Morgan fingerprint density at radius 1 is 1.33 bits per heavy atom. The van der Waals surface area contributed by atoms with Gasteiger partial charge in [-0.3, -0.25) is 4.79 Å². The van der Waals surface area contributed by atoms with Gasteiger partial charge in [-0.05, 0) is 37.1 Å². The molecule has 0 fully saturated rings. The summed E-state index contributed by atoms with van der Waals surface area (Å²) in [6.45, 7) is 4.02. The minimum Gasteiger partial charge on any atom is -0.351 e. The van der Waals surface area contributed by atoms with Crippen LogP contribution in [0.4, 0.5) is 0 Å². The zero-order valence-electron chi connectivity index (χ0n) is 10.4. The maximum absolute atomic E-state index is 11.7. The normalized spacial score (nSPS) is 11.3. The van der Waals surface area contributed by atoms with Gasteiger partial charge in [0.15, 0.2) is 0 Å². The molecule has 7 heteroatoms. The van der Waals surface area contributed by atoms with Gasteiger partial charge in [0.25, 0.3) is 5.91 Å². The number of sulfonamides is 1. The maximum atomic E-state index is 11.7. The Labute approximate surface area is 106 Å². The van der Waals surface area contributed by atoms with Crippen LogP contribution in [0.15, 0.2) is 17.0 Å². The highest BCUT2D eigenvalue weighted by atomic mass is 32.2. The van der Waals surface area contributed by atoms with Gasteiger partial charge in [0, 0.05) is 18.7 Å². The summed E-state index contributed by atoms with van der Waals surface area (Å²) in [6, 6.07) is 2.90. The van der Waals surface area contributed by atoms with E-state index in [1.807, 2.05) is 0 Å². The lowest BCUT2D eigenvalue weighted by molar-refractivity contribution is 0.0954. The number of amides is 1. The fraction of sp³-hybridized carbons (Fsp3) is 0.364. The smallest absolute Gasteiger partial charge is 0.251 e. The van der Waals surface area contributed by atoms with Gasteiger partial charge < -0.3 is 11.1 Å². The van der Waals surface area contributed by atoms with Crippen molar-refractivity contribution in [3.8, 4) is 0 Å². The van der Waals surface area contributed by atoms with Gasteiger partial charge in [-0.2, -0.15) is 0 Å². The van der Waals surface area contributed by atoms with Crippen LogP contribution >= 0.6 is 0 Å². The Balaban J connectivity index is 3.25. The highest BCUT2D eigenvalue weighted by molar-refractivity contribution is 7.89. The second-order valence-electron chi connectivity index (χ2n) is 4.01. The van der Waals surface area contributed by atoms with Crippen molar-refractivity contribution >= 4 is 15.9 Å². The maximum Gasteiger partial charge on any atom is 0.251 e. The molecule has 0 atom stereocenters. The summed E-state index contributed by atoms with van der Waals surface area (Å²) >= 11 is 0. The van der Waals surface area contributed by atoms with Crippen LogP contribution in [0.25, 0.3) is 0 Å². The minimum atomic E-state index is -3.84. The van der Waals surface area contributed by atoms with E-state index in [1.165, 1.54) is 6.07 Å².